The molecular weight excluding hydrogens is 356 g/mol. The zero-order valence-corrected chi connectivity index (χ0v) is 16.6. The minimum atomic E-state index is 0.0774. The van der Waals surface area contributed by atoms with Gasteiger partial charge in [0.15, 0.2) is 5.15 Å². The van der Waals surface area contributed by atoms with Crippen molar-refractivity contribution in [3.8, 4) is 5.69 Å². The monoisotopic (exact) mass is 380 g/mol. The van der Waals surface area contributed by atoms with E-state index in [0.29, 0.717) is 29.1 Å². The zero-order valence-electron chi connectivity index (χ0n) is 15.0. The maximum atomic E-state index is 12.6. The van der Waals surface area contributed by atoms with Crippen LogP contribution in [0.15, 0.2) is 30.7 Å². The van der Waals surface area contributed by atoms with Crippen LogP contribution >= 0.6 is 23.4 Å². The Morgan fingerprint density at radius 1 is 1.36 bits per heavy atom. The van der Waals surface area contributed by atoms with Gasteiger partial charge in [0, 0.05) is 30.2 Å². The number of thioether (sulfide) groups is 1. The third-order valence-electron chi connectivity index (χ3n) is 4.05. The van der Waals surface area contributed by atoms with Gasteiger partial charge in [0.1, 0.15) is 5.69 Å². The van der Waals surface area contributed by atoms with Gasteiger partial charge in [0.2, 0.25) is 5.91 Å². The van der Waals surface area contributed by atoms with Crippen molar-refractivity contribution in [2.24, 2.45) is 0 Å². The number of hydrogen-bond donors (Lipinski definition) is 0. The molecule has 136 valence electrons. The van der Waals surface area contributed by atoms with Crippen LogP contribution in [0.25, 0.3) is 5.69 Å². The third kappa shape index (κ3) is 5.22. The van der Waals surface area contributed by atoms with E-state index in [1.807, 2.05) is 30.8 Å². The summed E-state index contributed by atoms with van der Waals surface area (Å²) in [6, 6.07) is 3.73. The lowest BCUT2D eigenvalue weighted by atomic mass is 10.3. The molecular formula is C18H25ClN4OS. The van der Waals surface area contributed by atoms with Gasteiger partial charge in [-0.1, -0.05) is 25.4 Å². The smallest absolute Gasteiger partial charge is 0.227 e. The third-order valence-corrected chi connectivity index (χ3v) is 5.90. The van der Waals surface area contributed by atoms with Gasteiger partial charge in [-0.25, -0.2) is 4.68 Å². The van der Waals surface area contributed by atoms with Crippen LogP contribution < -0.4 is 4.90 Å². The Bertz CT molecular complexity index is 673. The summed E-state index contributed by atoms with van der Waals surface area (Å²) in [6.45, 7) is 6.89. The standard InChI is InChI=1S/C18H25ClN4OS/c1-4-15(5-2)25-11-9-17(24)22(6-3)16-13-23(21-18(16)19)14-8-7-10-20-12-14/h7-8,10,12-13,15H,4-6,9,11H2,1-3H3. The average Bonchev–Trinajstić information content (AvgIpc) is 3.02. The van der Waals surface area contributed by atoms with E-state index in [4.69, 9.17) is 11.6 Å². The molecule has 1 amide bonds. The molecule has 0 unspecified atom stereocenters. The molecule has 25 heavy (non-hydrogen) atoms. The minimum absolute atomic E-state index is 0.0774. The largest absolute Gasteiger partial charge is 0.308 e. The van der Waals surface area contributed by atoms with Crippen molar-refractivity contribution in [2.75, 3.05) is 17.2 Å². The summed E-state index contributed by atoms with van der Waals surface area (Å²) in [4.78, 5) is 18.4. The Kier molecular flexibility index (Phi) is 7.78. The van der Waals surface area contributed by atoms with E-state index in [1.165, 1.54) is 0 Å². The van der Waals surface area contributed by atoms with Crippen molar-refractivity contribution in [2.45, 2.75) is 45.3 Å². The molecule has 7 heteroatoms. The first-order chi connectivity index (χ1) is 12.1. The fourth-order valence-corrected chi connectivity index (χ4v) is 3.93. The molecule has 0 bridgehead atoms. The maximum absolute atomic E-state index is 12.6. The zero-order chi connectivity index (χ0) is 18.2. The number of halogens is 1. The molecule has 2 heterocycles. The van der Waals surface area contributed by atoms with E-state index in [0.717, 1.165) is 24.3 Å². The van der Waals surface area contributed by atoms with Gasteiger partial charge >= 0.3 is 0 Å². The normalized spacial score (nSPS) is 11.1. The Morgan fingerprint density at radius 3 is 2.72 bits per heavy atom. The maximum Gasteiger partial charge on any atom is 0.227 e. The summed E-state index contributed by atoms with van der Waals surface area (Å²) in [6.07, 6.45) is 7.97. The predicted molar refractivity (Wildman–Crippen MR) is 106 cm³/mol. The van der Waals surface area contributed by atoms with E-state index in [9.17, 15) is 4.79 Å². The van der Waals surface area contributed by atoms with Crippen molar-refractivity contribution < 1.29 is 4.79 Å². The van der Waals surface area contributed by atoms with E-state index >= 15 is 0 Å². The molecule has 0 atom stereocenters. The molecule has 0 aliphatic carbocycles. The number of anilines is 1. The van der Waals surface area contributed by atoms with E-state index < -0.39 is 0 Å². The predicted octanol–water partition coefficient (Wildman–Crippen LogP) is 4.59. The molecule has 0 aromatic carbocycles. The second-order valence-corrected chi connectivity index (χ2v) is 7.42. The lowest BCUT2D eigenvalue weighted by Gasteiger charge is -2.20. The van der Waals surface area contributed by atoms with Gasteiger partial charge in [-0.15, -0.1) is 0 Å². The average molecular weight is 381 g/mol. The van der Waals surface area contributed by atoms with Gasteiger partial charge in [-0.2, -0.15) is 16.9 Å². The molecule has 5 nitrogen and oxygen atoms in total. The van der Waals surface area contributed by atoms with Gasteiger partial charge in [0.05, 0.1) is 18.1 Å². The highest BCUT2D eigenvalue weighted by Gasteiger charge is 2.20. The Hall–Kier alpha value is -1.53. The fraction of sp³-hybridized carbons (Fsp3) is 0.500. The number of hydrogen-bond acceptors (Lipinski definition) is 4. The molecule has 0 spiro atoms. The van der Waals surface area contributed by atoms with Gasteiger partial charge in [-0.3, -0.25) is 9.78 Å². The highest BCUT2D eigenvalue weighted by Crippen LogP contribution is 2.27. The Morgan fingerprint density at radius 2 is 2.12 bits per heavy atom. The van der Waals surface area contributed by atoms with Gasteiger partial charge < -0.3 is 4.90 Å². The minimum Gasteiger partial charge on any atom is -0.308 e. The van der Waals surface area contributed by atoms with Crippen LogP contribution in [0.2, 0.25) is 5.15 Å². The number of nitrogens with zero attached hydrogens (tertiary/aromatic N) is 4. The second kappa shape index (κ2) is 9.82. The SMILES string of the molecule is CCC(CC)SCCC(=O)N(CC)c1cn(-c2cccnc2)nc1Cl. The topological polar surface area (TPSA) is 51.0 Å². The molecule has 2 aromatic heterocycles. The highest BCUT2D eigenvalue weighted by molar-refractivity contribution is 7.99. The molecule has 0 saturated carbocycles. The summed E-state index contributed by atoms with van der Waals surface area (Å²) in [5.74, 6) is 0.907. The van der Waals surface area contributed by atoms with Crippen molar-refractivity contribution >= 4 is 35.0 Å². The highest BCUT2D eigenvalue weighted by atomic mass is 35.5. The van der Waals surface area contributed by atoms with Crippen LogP contribution in [-0.4, -0.2) is 38.2 Å². The first-order valence-corrected chi connectivity index (χ1v) is 10.1. The van der Waals surface area contributed by atoms with Crippen LogP contribution in [0, 0.1) is 0 Å². The first-order valence-electron chi connectivity index (χ1n) is 8.68. The van der Waals surface area contributed by atoms with Crippen LogP contribution in [-0.2, 0) is 4.79 Å². The molecule has 0 radical (unpaired) electrons. The van der Waals surface area contributed by atoms with Crippen molar-refractivity contribution in [3.63, 3.8) is 0 Å². The molecule has 0 aliphatic heterocycles. The number of rotatable bonds is 9. The fourth-order valence-electron chi connectivity index (χ4n) is 2.60. The number of pyridine rings is 1. The van der Waals surface area contributed by atoms with Crippen molar-refractivity contribution in [3.05, 3.63) is 35.9 Å². The number of carbonyl (C=O) groups is 1. The number of carbonyl (C=O) groups excluding carboxylic acids is 1. The van der Waals surface area contributed by atoms with E-state index in [1.54, 1.807) is 28.2 Å². The molecule has 0 fully saturated rings. The molecule has 2 rings (SSSR count). The summed E-state index contributed by atoms with van der Waals surface area (Å²) in [7, 11) is 0. The summed E-state index contributed by atoms with van der Waals surface area (Å²) < 4.78 is 1.65. The second-order valence-electron chi connectivity index (χ2n) is 5.66. The molecule has 0 aliphatic rings. The van der Waals surface area contributed by atoms with Crippen LogP contribution in [0.3, 0.4) is 0 Å². The van der Waals surface area contributed by atoms with Crippen molar-refractivity contribution in [1.29, 1.82) is 0 Å². The first kappa shape index (κ1) is 19.8. The van der Waals surface area contributed by atoms with E-state index in [-0.39, 0.29) is 5.91 Å². The number of aromatic nitrogens is 3. The molecule has 0 N–H and O–H groups in total. The van der Waals surface area contributed by atoms with Crippen LogP contribution in [0.1, 0.15) is 40.0 Å². The Balaban J connectivity index is 2.07. The number of amides is 1. The lowest BCUT2D eigenvalue weighted by Crippen LogP contribution is -2.31. The molecule has 0 saturated heterocycles. The summed E-state index contributed by atoms with van der Waals surface area (Å²) >= 11 is 8.16. The Labute approximate surface area is 158 Å². The van der Waals surface area contributed by atoms with Gasteiger partial charge in [0.25, 0.3) is 0 Å². The van der Waals surface area contributed by atoms with Crippen molar-refractivity contribution in [1.82, 2.24) is 14.8 Å². The summed E-state index contributed by atoms with van der Waals surface area (Å²) in [5.41, 5.74) is 1.45. The summed E-state index contributed by atoms with van der Waals surface area (Å²) in [5, 5.41) is 5.26. The lowest BCUT2D eigenvalue weighted by molar-refractivity contribution is -0.118. The molecule has 2 aromatic rings. The quantitative estimate of drug-likeness (QED) is 0.638. The van der Waals surface area contributed by atoms with Crippen LogP contribution in [0.4, 0.5) is 5.69 Å². The van der Waals surface area contributed by atoms with Crippen LogP contribution in [0.5, 0.6) is 0 Å². The van der Waals surface area contributed by atoms with Gasteiger partial charge in [-0.05, 0) is 31.9 Å². The van der Waals surface area contributed by atoms with E-state index in [2.05, 4.69) is 23.9 Å².